The molecule has 3 aromatic carbocycles. The summed E-state index contributed by atoms with van der Waals surface area (Å²) in [6.45, 7) is 2.03. The van der Waals surface area contributed by atoms with Gasteiger partial charge in [0.25, 0.3) is 0 Å². The highest BCUT2D eigenvalue weighted by Gasteiger charge is 2.29. The largest absolute Gasteiger partial charge is 0.480 e. The molecule has 3 N–H and O–H groups in total. The fourth-order valence-corrected chi connectivity index (χ4v) is 4.18. The van der Waals surface area contributed by atoms with Gasteiger partial charge in [0, 0.05) is 18.0 Å². The summed E-state index contributed by atoms with van der Waals surface area (Å²) in [7, 11) is 0. The average molecular weight is 459 g/mol. The van der Waals surface area contributed by atoms with Gasteiger partial charge < -0.3 is 20.5 Å². The van der Waals surface area contributed by atoms with Crippen molar-refractivity contribution in [2.45, 2.75) is 31.7 Å². The quantitative estimate of drug-likeness (QED) is 0.454. The van der Waals surface area contributed by atoms with Gasteiger partial charge in [0.05, 0.1) is 0 Å². The van der Waals surface area contributed by atoms with Gasteiger partial charge >= 0.3 is 12.1 Å². The lowest BCUT2D eigenvalue weighted by Crippen LogP contribution is -2.42. The van der Waals surface area contributed by atoms with Gasteiger partial charge in [0.1, 0.15) is 12.6 Å². The predicted molar refractivity (Wildman–Crippen MR) is 129 cm³/mol. The standard InChI is InChI=1S/C27H26N2O5/c1-17-10-12-18(13-11-17)28-25(30)15-14-24(26(31)32)29-27(33)34-16-23-21-8-4-2-6-19(21)20-7-3-5-9-22(20)23/h2-13,23-24H,14-16H2,1H3,(H,28,30)(H,29,33)(H,31,32)/t24-/m1/s1. The highest BCUT2D eigenvalue weighted by molar-refractivity contribution is 5.91. The van der Waals surface area contributed by atoms with Gasteiger partial charge in [-0.25, -0.2) is 9.59 Å². The van der Waals surface area contributed by atoms with E-state index in [0.29, 0.717) is 5.69 Å². The van der Waals surface area contributed by atoms with Crippen LogP contribution in [0.5, 0.6) is 0 Å². The fraction of sp³-hybridized carbons (Fsp3) is 0.222. The lowest BCUT2D eigenvalue weighted by Gasteiger charge is -2.17. The Bertz CT molecular complexity index is 1160. The molecule has 0 spiro atoms. The molecule has 7 heteroatoms. The Morgan fingerprint density at radius 3 is 2.09 bits per heavy atom. The molecule has 1 atom stereocenters. The first-order valence-corrected chi connectivity index (χ1v) is 11.1. The van der Waals surface area contributed by atoms with Gasteiger partial charge in [0.2, 0.25) is 5.91 Å². The number of alkyl carbamates (subject to hydrolysis) is 1. The second-order valence-corrected chi connectivity index (χ2v) is 8.31. The molecule has 0 fully saturated rings. The molecule has 4 rings (SSSR count). The summed E-state index contributed by atoms with van der Waals surface area (Å²) in [5.41, 5.74) is 6.05. The maximum absolute atomic E-state index is 12.4. The van der Waals surface area contributed by atoms with Crippen LogP contribution in [0.15, 0.2) is 72.8 Å². The van der Waals surface area contributed by atoms with E-state index in [0.717, 1.165) is 27.8 Å². The third kappa shape index (κ3) is 5.26. The van der Waals surface area contributed by atoms with Crippen LogP contribution in [0.4, 0.5) is 10.5 Å². The van der Waals surface area contributed by atoms with Crippen LogP contribution >= 0.6 is 0 Å². The van der Waals surface area contributed by atoms with Crippen molar-refractivity contribution in [1.82, 2.24) is 5.32 Å². The minimum atomic E-state index is -1.24. The molecule has 1 aliphatic rings. The highest BCUT2D eigenvalue weighted by Crippen LogP contribution is 2.44. The van der Waals surface area contributed by atoms with E-state index < -0.39 is 18.1 Å². The monoisotopic (exact) mass is 458 g/mol. The topological polar surface area (TPSA) is 105 Å². The van der Waals surface area contributed by atoms with Crippen molar-refractivity contribution in [3.05, 3.63) is 89.5 Å². The molecule has 0 saturated heterocycles. The Morgan fingerprint density at radius 2 is 1.50 bits per heavy atom. The number of benzene rings is 3. The zero-order valence-corrected chi connectivity index (χ0v) is 18.8. The molecule has 0 saturated carbocycles. The van der Waals surface area contributed by atoms with Gasteiger partial charge in [-0.2, -0.15) is 0 Å². The van der Waals surface area contributed by atoms with Crippen molar-refractivity contribution in [2.24, 2.45) is 0 Å². The summed E-state index contributed by atoms with van der Waals surface area (Å²) in [5.74, 6) is -1.68. The number of amides is 2. The minimum absolute atomic E-state index is 0.0583. The number of hydrogen-bond acceptors (Lipinski definition) is 4. The highest BCUT2D eigenvalue weighted by atomic mass is 16.5. The van der Waals surface area contributed by atoms with Gasteiger partial charge in [-0.3, -0.25) is 4.79 Å². The first kappa shape index (κ1) is 23.0. The molecule has 0 heterocycles. The molecular weight excluding hydrogens is 432 g/mol. The smallest absolute Gasteiger partial charge is 0.407 e. The average Bonchev–Trinajstić information content (AvgIpc) is 3.15. The fourth-order valence-electron chi connectivity index (χ4n) is 4.18. The number of carbonyl (C=O) groups is 3. The molecule has 0 bridgehead atoms. The summed E-state index contributed by atoms with van der Waals surface area (Å²) in [5, 5.41) is 14.6. The summed E-state index contributed by atoms with van der Waals surface area (Å²) in [6, 6.07) is 22.0. The maximum atomic E-state index is 12.4. The van der Waals surface area contributed by atoms with Gasteiger partial charge in [-0.15, -0.1) is 0 Å². The van der Waals surface area contributed by atoms with Crippen LogP contribution in [0.25, 0.3) is 11.1 Å². The van der Waals surface area contributed by atoms with Crippen LogP contribution in [0.3, 0.4) is 0 Å². The molecule has 7 nitrogen and oxygen atoms in total. The van der Waals surface area contributed by atoms with Crippen LogP contribution in [-0.2, 0) is 14.3 Å². The second kappa shape index (κ2) is 10.2. The van der Waals surface area contributed by atoms with Crippen LogP contribution in [0.2, 0.25) is 0 Å². The molecule has 0 aromatic heterocycles. The van der Waals surface area contributed by atoms with E-state index in [4.69, 9.17) is 4.74 Å². The van der Waals surface area contributed by atoms with Crippen molar-refractivity contribution < 1.29 is 24.2 Å². The zero-order chi connectivity index (χ0) is 24.1. The SMILES string of the molecule is Cc1ccc(NC(=O)CC[C@@H](NC(=O)OCC2c3ccccc3-c3ccccc32)C(=O)O)cc1. The van der Waals surface area contributed by atoms with Gasteiger partial charge in [-0.05, 0) is 47.7 Å². The molecule has 2 amide bonds. The van der Waals surface area contributed by atoms with E-state index >= 15 is 0 Å². The third-order valence-corrected chi connectivity index (χ3v) is 5.93. The Labute approximate surface area is 197 Å². The van der Waals surface area contributed by atoms with Crippen molar-refractivity contribution in [3.8, 4) is 11.1 Å². The number of anilines is 1. The summed E-state index contributed by atoms with van der Waals surface area (Å²) < 4.78 is 5.42. The summed E-state index contributed by atoms with van der Waals surface area (Å²) in [4.78, 5) is 36.2. The number of ether oxygens (including phenoxy) is 1. The van der Waals surface area contributed by atoms with Crippen LogP contribution in [0.1, 0.15) is 35.4 Å². The third-order valence-electron chi connectivity index (χ3n) is 5.93. The number of hydrogen-bond donors (Lipinski definition) is 3. The molecule has 0 aliphatic heterocycles. The molecular formula is C27H26N2O5. The molecule has 0 radical (unpaired) electrons. The van der Waals surface area contributed by atoms with Crippen LogP contribution in [0, 0.1) is 6.92 Å². The normalized spacial score (nSPS) is 12.9. The molecule has 174 valence electrons. The maximum Gasteiger partial charge on any atom is 0.407 e. The van der Waals surface area contributed by atoms with Gasteiger partial charge in [-0.1, -0.05) is 66.2 Å². The summed E-state index contributed by atoms with van der Waals surface area (Å²) >= 11 is 0. The molecule has 0 unspecified atom stereocenters. The Balaban J connectivity index is 1.32. The zero-order valence-electron chi connectivity index (χ0n) is 18.8. The number of fused-ring (bicyclic) bond motifs is 3. The molecule has 3 aromatic rings. The number of aliphatic carboxylic acids is 1. The number of carboxylic acids is 1. The van der Waals surface area contributed by atoms with E-state index in [-0.39, 0.29) is 31.3 Å². The lowest BCUT2D eigenvalue weighted by molar-refractivity contribution is -0.139. The van der Waals surface area contributed by atoms with E-state index in [2.05, 4.69) is 10.6 Å². The van der Waals surface area contributed by atoms with Crippen molar-refractivity contribution in [3.63, 3.8) is 0 Å². The van der Waals surface area contributed by atoms with Crippen molar-refractivity contribution in [2.75, 3.05) is 11.9 Å². The minimum Gasteiger partial charge on any atom is -0.480 e. The number of nitrogens with one attached hydrogen (secondary N) is 2. The predicted octanol–water partition coefficient (Wildman–Crippen LogP) is 4.71. The Kier molecular flexibility index (Phi) is 6.92. The summed E-state index contributed by atoms with van der Waals surface area (Å²) in [6.07, 6.45) is -0.945. The molecule has 1 aliphatic carbocycles. The second-order valence-electron chi connectivity index (χ2n) is 8.31. The first-order valence-electron chi connectivity index (χ1n) is 11.1. The van der Waals surface area contributed by atoms with Gasteiger partial charge in [0.15, 0.2) is 0 Å². The lowest BCUT2D eigenvalue weighted by atomic mass is 9.98. The number of rotatable bonds is 8. The van der Waals surface area contributed by atoms with E-state index in [9.17, 15) is 19.5 Å². The van der Waals surface area contributed by atoms with Crippen molar-refractivity contribution in [1.29, 1.82) is 0 Å². The van der Waals surface area contributed by atoms with E-state index in [1.807, 2.05) is 67.6 Å². The van der Waals surface area contributed by atoms with E-state index in [1.54, 1.807) is 12.1 Å². The Hall–Kier alpha value is -4.13. The van der Waals surface area contributed by atoms with Crippen molar-refractivity contribution >= 4 is 23.7 Å². The number of aryl methyl sites for hydroxylation is 1. The number of carbonyl (C=O) groups excluding carboxylic acids is 2. The molecule has 34 heavy (non-hydrogen) atoms. The Morgan fingerprint density at radius 1 is 0.912 bits per heavy atom. The van der Waals surface area contributed by atoms with Crippen LogP contribution in [-0.4, -0.2) is 35.7 Å². The van der Waals surface area contributed by atoms with E-state index in [1.165, 1.54) is 0 Å². The van der Waals surface area contributed by atoms with Crippen LogP contribution < -0.4 is 10.6 Å². The first-order chi connectivity index (χ1) is 16.4. The number of carboxylic acid groups (broad SMARTS) is 1.